The number of ketones is 2. The number of benzene rings is 1. The second-order valence-electron chi connectivity index (χ2n) is 4.93. The SMILES string of the molecule is CC(C)(C)C(=O)CC(=O)c1ccccc1C#N. The average Bonchev–Trinajstić information content (AvgIpc) is 2.27. The fraction of sp³-hybridized carbons (Fsp3) is 0.357. The minimum Gasteiger partial charge on any atom is -0.299 e. The van der Waals surface area contributed by atoms with Crippen LogP contribution >= 0.6 is 0 Å². The standard InChI is InChI=1S/C14H15NO2/c1-14(2,3)13(17)8-12(16)11-7-5-4-6-10(11)9-15/h4-7H,8H2,1-3H3. The third-order valence-electron chi connectivity index (χ3n) is 2.51. The molecule has 0 saturated carbocycles. The highest BCUT2D eigenvalue weighted by molar-refractivity contribution is 6.10. The van der Waals surface area contributed by atoms with Crippen LogP contribution in [0.25, 0.3) is 0 Å². The summed E-state index contributed by atoms with van der Waals surface area (Å²) in [6, 6.07) is 8.50. The van der Waals surface area contributed by atoms with Crippen LogP contribution in [0.5, 0.6) is 0 Å². The molecule has 1 rings (SSSR count). The minimum atomic E-state index is -0.531. The van der Waals surface area contributed by atoms with E-state index >= 15 is 0 Å². The van der Waals surface area contributed by atoms with E-state index in [2.05, 4.69) is 0 Å². The molecule has 0 bridgehead atoms. The molecule has 1 aromatic carbocycles. The molecule has 0 radical (unpaired) electrons. The van der Waals surface area contributed by atoms with Gasteiger partial charge in [-0.25, -0.2) is 0 Å². The van der Waals surface area contributed by atoms with Crippen LogP contribution in [0.1, 0.15) is 43.1 Å². The number of nitrogens with zero attached hydrogens (tertiary/aromatic N) is 1. The molecule has 0 unspecified atom stereocenters. The summed E-state index contributed by atoms with van der Waals surface area (Å²) in [7, 11) is 0. The van der Waals surface area contributed by atoms with Crippen molar-refractivity contribution in [2.45, 2.75) is 27.2 Å². The second kappa shape index (κ2) is 4.92. The molecule has 0 aliphatic rings. The van der Waals surface area contributed by atoms with Gasteiger partial charge in [-0.15, -0.1) is 0 Å². The van der Waals surface area contributed by atoms with E-state index in [1.165, 1.54) is 0 Å². The van der Waals surface area contributed by atoms with Gasteiger partial charge in [0.1, 0.15) is 5.78 Å². The molecule has 0 atom stereocenters. The van der Waals surface area contributed by atoms with Crippen LogP contribution in [-0.4, -0.2) is 11.6 Å². The Labute approximate surface area is 101 Å². The Hall–Kier alpha value is -1.95. The number of rotatable bonds is 3. The van der Waals surface area contributed by atoms with Gasteiger partial charge >= 0.3 is 0 Å². The van der Waals surface area contributed by atoms with Gasteiger partial charge in [-0.2, -0.15) is 5.26 Å². The second-order valence-corrected chi connectivity index (χ2v) is 4.93. The van der Waals surface area contributed by atoms with Crippen molar-refractivity contribution >= 4 is 11.6 Å². The Kier molecular flexibility index (Phi) is 3.80. The summed E-state index contributed by atoms with van der Waals surface area (Å²) < 4.78 is 0. The fourth-order valence-electron chi connectivity index (χ4n) is 1.33. The van der Waals surface area contributed by atoms with Crippen molar-refractivity contribution in [3.63, 3.8) is 0 Å². The monoisotopic (exact) mass is 229 g/mol. The maximum atomic E-state index is 11.9. The van der Waals surface area contributed by atoms with E-state index in [9.17, 15) is 9.59 Å². The Morgan fingerprint density at radius 1 is 1.24 bits per heavy atom. The van der Waals surface area contributed by atoms with E-state index in [4.69, 9.17) is 5.26 Å². The van der Waals surface area contributed by atoms with Gasteiger partial charge in [0.25, 0.3) is 0 Å². The highest BCUT2D eigenvalue weighted by Gasteiger charge is 2.24. The lowest BCUT2D eigenvalue weighted by Gasteiger charge is -2.15. The lowest BCUT2D eigenvalue weighted by atomic mass is 9.86. The molecule has 1 aromatic rings. The topological polar surface area (TPSA) is 57.9 Å². The summed E-state index contributed by atoms with van der Waals surface area (Å²) in [5, 5.41) is 8.87. The van der Waals surface area contributed by atoms with E-state index in [-0.39, 0.29) is 18.0 Å². The number of carbonyl (C=O) groups is 2. The van der Waals surface area contributed by atoms with Crippen molar-refractivity contribution in [3.8, 4) is 6.07 Å². The third-order valence-corrected chi connectivity index (χ3v) is 2.51. The first kappa shape index (κ1) is 13.1. The maximum Gasteiger partial charge on any atom is 0.171 e. The first-order valence-corrected chi connectivity index (χ1v) is 5.42. The molecule has 0 heterocycles. The van der Waals surface area contributed by atoms with Gasteiger partial charge in [0.2, 0.25) is 0 Å². The molecule has 0 N–H and O–H groups in total. The molecular formula is C14H15NO2. The van der Waals surface area contributed by atoms with Crippen molar-refractivity contribution in [2.24, 2.45) is 5.41 Å². The fourth-order valence-corrected chi connectivity index (χ4v) is 1.33. The van der Waals surface area contributed by atoms with Crippen LogP contribution < -0.4 is 0 Å². The largest absolute Gasteiger partial charge is 0.299 e. The maximum absolute atomic E-state index is 11.9. The smallest absolute Gasteiger partial charge is 0.171 e. The van der Waals surface area contributed by atoms with Gasteiger partial charge in [0, 0.05) is 11.0 Å². The molecule has 3 nitrogen and oxygen atoms in total. The van der Waals surface area contributed by atoms with Crippen molar-refractivity contribution in [1.29, 1.82) is 5.26 Å². The van der Waals surface area contributed by atoms with Crippen LogP contribution in [-0.2, 0) is 4.79 Å². The zero-order chi connectivity index (χ0) is 13.1. The lowest BCUT2D eigenvalue weighted by molar-refractivity contribution is -0.125. The quantitative estimate of drug-likeness (QED) is 0.591. The van der Waals surface area contributed by atoms with E-state index < -0.39 is 5.41 Å². The van der Waals surface area contributed by atoms with E-state index in [1.807, 2.05) is 6.07 Å². The molecule has 0 aliphatic carbocycles. The van der Waals surface area contributed by atoms with Gasteiger partial charge in [-0.1, -0.05) is 39.0 Å². The third kappa shape index (κ3) is 3.25. The van der Waals surface area contributed by atoms with Crippen LogP contribution in [0, 0.1) is 16.7 Å². The Morgan fingerprint density at radius 3 is 2.35 bits per heavy atom. The number of Topliss-reactive ketones (excluding diaryl/α,β-unsaturated/α-hetero) is 2. The van der Waals surface area contributed by atoms with Gasteiger partial charge < -0.3 is 0 Å². The minimum absolute atomic E-state index is 0.116. The normalized spacial score (nSPS) is 10.7. The molecule has 0 spiro atoms. The molecule has 88 valence electrons. The molecule has 0 saturated heterocycles. The average molecular weight is 229 g/mol. The summed E-state index contributed by atoms with van der Waals surface area (Å²) in [6.07, 6.45) is -0.151. The van der Waals surface area contributed by atoms with Gasteiger partial charge in [0.15, 0.2) is 5.78 Å². The predicted molar refractivity (Wildman–Crippen MR) is 64.6 cm³/mol. The predicted octanol–water partition coefficient (Wildman–Crippen LogP) is 2.75. The first-order valence-electron chi connectivity index (χ1n) is 5.42. The molecule has 0 aromatic heterocycles. The lowest BCUT2D eigenvalue weighted by Crippen LogP contribution is -2.23. The number of hydrogen-bond donors (Lipinski definition) is 0. The van der Waals surface area contributed by atoms with Crippen molar-refractivity contribution in [2.75, 3.05) is 0 Å². The van der Waals surface area contributed by atoms with Crippen LogP contribution in [0.3, 0.4) is 0 Å². The summed E-state index contributed by atoms with van der Waals surface area (Å²) in [5.74, 6) is -0.405. The zero-order valence-corrected chi connectivity index (χ0v) is 10.3. The Balaban J connectivity index is 2.93. The van der Waals surface area contributed by atoms with Crippen molar-refractivity contribution in [3.05, 3.63) is 35.4 Å². The Bertz CT molecular complexity index is 490. The molecule has 17 heavy (non-hydrogen) atoms. The number of nitriles is 1. The van der Waals surface area contributed by atoms with Crippen molar-refractivity contribution in [1.82, 2.24) is 0 Å². The molecule has 3 heteroatoms. The summed E-state index contributed by atoms with van der Waals surface area (Å²) in [4.78, 5) is 23.7. The van der Waals surface area contributed by atoms with Crippen molar-refractivity contribution < 1.29 is 9.59 Å². The Morgan fingerprint density at radius 2 is 1.82 bits per heavy atom. The van der Waals surface area contributed by atoms with Crippen LogP contribution in [0.4, 0.5) is 0 Å². The summed E-state index contributed by atoms with van der Waals surface area (Å²) in [6.45, 7) is 5.33. The van der Waals surface area contributed by atoms with Gasteiger partial charge in [0.05, 0.1) is 18.1 Å². The summed E-state index contributed by atoms with van der Waals surface area (Å²) in [5.41, 5.74) is 0.115. The van der Waals surface area contributed by atoms with E-state index in [0.29, 0.717) is 11.1 Å². The number of carbonyl (C=O) groups excluding carboxylic acids is 2. The number of hydrogen-bond acceptors (Lipinski definition) is 3. The van der Waals surface area contributed by atoms with Crippen LogP contribution in [0.2, 0.25) is 0 Å². The zero-order valence-electron chi connectivity index (χ0n) is 10.3. The van der Waals surface area contributed by atoms with Gasteiger partial charge in [-0.3, -0.25) is 9.59 Å². The van der Waals surface area contributed by atoms with E-state index in [1.54, 1.807) is 45.0 Å². The van der Waals surface area contributed by atoms with E-state index in [0.717, 1.165) is 0 Å². The molecule has 0 aliphatic heterocycles. The highest BCUT2D eigenvalue weighted by Crippen LogP contribution is 2.19. The highest BCUT2D eigenvalue weighted by atomic mass is 16.1. The molecule has 0 amide bonds. The molecular weight excluding hydrogens is 214 g/mol. The van der Waals surface area contributed by atoms with Gasteiger partial charge in [-0.05, 0) is 6.07 Å². The summed E-state index contributed by atoms with van der Waals surface area (Å²) >= 11 is 0. The first-order chi connectivity index (χ1) is 7.86. The van der Waals surface area contributed by atoms with Crippen LogP contribution in [0.15, 0.2) is 24.3 Å². The molecule has 0 fully saturated rings.